The first-order valence-electron chi connectivity index (χ1n) is 9.39. The fraction of sp³-hybridized carbons (Fsp3) is 0.273. The molecule has 0 bridgehead atoms. The Morgan fingerprint density at radius 3 is 2.64 bits per heavy atom. The average molecular weight is 490 g/mol. The fourth-order valence-corrected chi connectivity index (χ4v) is 2.82. The van der Waals surface area contributed by atoms with Gasteiger partial charge in [0.2, 0.25) is 0 Å². The summed E-state index contributed by atoms with van der Waals surface area (Å²) < 4.78 is 5.97. The van der Waals surface area contributed by atoms with Crippen LogP contribution >= 0.6 is 24.0 Å². The molecule has 148 valence electrons. The molecule has 6 heteroatoms. The van der Waals surface area contributed by atoms with Gasteiger partial charge in [-0.3, -0.25) is 9.98 Å². The van der Waals surface area contributed by atoms with Gasteiger partial charge in [0.15, 0.2) is 5.96 Å². The minimum atomic E-state index is 0. The van der Waals surface area contributed by atoms with Crippen molar-refractivity contribution in [3.63, 3.8) is 0 Å². The molecule has 28 heavy (non-hydrogen) atoms. The van der Waals surface area contributed by atoms with E-state index in [0.29, 0.717) is 19.7 Å². The molecule has 0 fully saturated rings. The highest BCUT2D eigenvalue weighted by Crippen LogP contribution is 2.24. The number of aliphatic imine (C=N–C) groups is 1. The maximum Gasteiger partial charge on any atom is 0.191 e. The molecule has 0 aliphatic heterocycles. The van der Waals surface area contributed by atoms with E-state index in [-0.39, 0.29) is 24.0 Å². The molecule has 3 rings (SSSR count). The summed E-state index contributed by atoms with van der Waals surface area (Å²) in [5.74, 6) is 1.71. The van der Waals surface area contributed by atoms with Crippen molar-refractivity contribution in [2.45, 2.75) is 13.3 Å². The number of hydrogen-bond donors (Lipinski definition) is 2. The van der Waals surface area contributed by atoms with Gasteiger partial charge >= 0.3 is 0 Å². The molecule has 2 aromatic carbocycles. The quantitative estimate of drug-likeness (QED) is 0.217. The summed E-state index contributed by atoms with van der Waals surface area (Å²) in [6.45, 7) is 4.82. The maximum absolute atomic E-state index is 5.97. The molecule has 0 spiro atoms. The van der Waals surface area contributed by atoms with Crippen molar-refractivity contribution in [2.24, 2.45) is 4.99 Å². The van der Waals surface area contributed by atoms with Gasteiger partial charge in [-0.05, 0) is 30.5 Å². The second-order valence-electron chi connectivity index (χ2n) is 6.08. The predicted octanol–water partition coefficient (Wildman–Crippen LogP) is 4.03. The third-order valence-corrected chi connectivity index (χ3v) is 4.11. The highest BCUT2D eigenvalue weighted by Gasteiger charge is 2.02. The Bertz CT molecular complexity index is 865. The molecule has 0 aliphatic rings. The minimum absolute atomic E-state index is 0. The summed E-state index contributed by atoms with van der Waals surface area (Å²) in [6, 6.07) is 20.3. The third kappa shape index (κ3) is 6.67. The Hall–Kier alpha value is -2.35. The lowest BCUT2D eigenvalue weighted by molar-refractivity contribution is 0.325. The Kier molecular flexibility index (Phi) is 9.54. The molecular formula is C22H27IN4O. The molecule has 0 saturated heterocycles. The maximum atomic E-state index is 5.97. The van der Waals surface area contributed by atoms with Crippen LogP contribution in [0.2, 0.25) is 0 Å². The molecule has 1 heterocycles. The Labute approximate surface area is 183 Å². The molecule has 0 saturated carbocycles. The number of pyridine rings is 1. The van der Waals surface area contributed by atoms with Crippen molar-refractivity contribution in [1.29, 1.82) is 0 Å². The topological polar surface area (TPSA) is 58.5 Å². The summed E-state index contributed by atoms with van der Waals surface area (Å²) in [6.07, 6.45) is 2.64. The number of nitrogens with one attached hydrogen (secondary N) is 2. The van der Waals surface area contributed by atoms with E-state index in [0.717, 1.165) is 35.8 Å². The van der Waals surface area contributed by atoms with E-state index in [1.165, 1.54) is 5.39 Å². The van der Waals surface area contributed by atoms with Gasteiger partial charge in [-0.1, -0.05) is 42.5 Å². The van der Waals surface area contributed by atoms with Crippen LogP contribution in [-0.4, -0.2) is 37.2 Å². The molecule has 5 nitrogen and oxygen atoms in total. The zero-order valence-corrected chi connectivity index (χ0v) is 18.4. The number of hydrogen-bond acceptors (Lipinski definition) is 3. The number of rotatable bonds is 8. The highest BCUT2D eigenvalue weighted by atomic mass is 127. The van der Waals surface area contributed by atoms with E-state index in [1.54, 1.807) is 0 Å². The van der Waals surface area contributed by atoms with Crippen LogP contribution in [0, 0.1) is 0 Å². The van der Waals surface area contributed by atoms with E-state index in [1.807, 2.05) is 48.7 Å². The first-order chi connectivity index (χ1) is 13.4. The van der Waals surface area contributed by atoms with Gasteiger partial charge in [0.05, 0.1) is 6.54 Å². The summed E-state index contributed by atoms with van der Waals surface area (Å²) >= 11 is 0. The molecule has 1 aromatic heterocycles. The molecule has 0 radical (unpaired) electrons. The number of nitrogens with zero attached hydrogens (tertiary/aromatic N) is 2. The molecular weight excluding hydrogens is 463 g/mol. The van der Waals surface area contributed by atoms with E-state index in [4.69, 9.17) is 4.74 Å². The van der Waals surface area contributed by atoms with Crippen molar-refractivity contribution >= 4 is 40.7 Å². The summed E-state index contributed by atoms with van der Waals surface area (Å²) in [5.41, 5.74) is 1.05. The number of ether oxygens (including phenoxy) is 1. The van der Waals surface area contributed by atoms with E-state index in [2.05, 4.69) is 45.7 Å². The Balaban J connectivity index is 0.00000280. The molecule has 3 aromatic rings. The average Bonchev–Trinajstić information content (AvgIpc) is 2.72. The largest absolute Gasteiger partial charge is 0.491 e. The van der Waals surface area contributed by atoms with Crippen LogP contribution in [0.4, 0.5) is 0 Å². The number of benzene rings is 2. The van der Waals surface area contributed by atoms with Gasteiger partial charge in [0, 0.05) is 36.8 Å². The monoisotopic (exact) mass is 490 g/mol. The summed E-state index contributed by atoms with van der Waals surface area (Å²) in [7, 11) is 0. The van der Waals surface area contributed by atoms with Gasteiger partial charge in [-0.25, -0.2) is 0 Å². The van der Waals surface area contributed by atoms with Crippen molar-refractivity contribution in [3.05, 3.63) is 72.6 Å². The number of halogens is 1. The van der Waals surface area contributed by atoms with E-state index >= 15 is 0 Å². The second-order valence-corrected chi connectivity index (χ2v) is 6.08. The number of fused-ring (bicyclic) bond motifs is 1. The van der Waals surface area contributed by atoms with Crippen LogP contribution in [0.15, 0.2) is 71.9 Å². The van der Waals surface area contributed by atoms with Crippen LogP contribution in [-0.2, 0) is 6.42 Å². The normalized spacial score (nSPS) is 11.0. The number of guanidine groups is 1. The zero-order valence-electron chi connectivity index (χ0n) is 16.1. The Morgan fingerprint density at radius 1 is 1.00 bits per heavy atom. The van der Waals surface area contributed by atoms with Crippen molar-refractivity contribution in [2.75, 3.05) is 26.2 Å². The van der Waals surface area contributed by atoms with Crippen LogP contribution in [0.5, 0.6) is 5.75 Å². The van der Waals surface area contributed by atoms with Crippen molar-refractivity contribution < 1.29 is 4.74 Å². The van der Waals surface area contributed by atoms with Gasteiger partial charge in [0.25, 0.3) is 0 Å². The highest BCUT2D eigenvalue weighted by molar-refractivity contribution is 14.0. The molecule has 0 amide bonds. The van der Waals surface area contributed by atoms with Gasteiger partial charge in [-0.2, -0.15) is 0 Å². The smallest absolute Gasteiger partial charge is 0.191 e. The van der Waals surface area contributed by atoms with Gasteiger partial charge in [0.1, 0.15) is 12.4 Å². The Morgan fingerprint density at radius 2 is 1.82 bits per heavy atom. The second kappa shape index (κ2) is 12.2. The zero-order chi connectivity index (χ0) is 18.7. The van der Waals surface area contributed by atoms with Crippen LogP contribution in [0.25, 0.3) is 10.8 Å². The standard InChI is InChI=1S/C22H26N4O.HI/c1-2-23-22(25-15-13-19-10-5-6-14-24-19)26-16-17-27-21-12-7-9-18-8-3-4-11-20(18)21;/h3-12,14H,2,13,15-17H2,1H3,(H2,23,25,26);1H. The van der Waals surface area contributed by atoms with Gasteiger partial charge in [-0.15, -0.1) is 24.0 Å². The predicted molar refractivity (Wildman–Crippen MR) is 127 cm³/mol. The lowest BCUT2D eigenvalue weighted by Crippen LogP contribution is -2.39. The van der Waals surface area contributed by atoms with Gasteiger partial charge < -0.3 is 15.4 Å². The van der Waals surface area contributed by atoms with Crippen LogP contribution in [0.3, 0.4) is 0 Å². The minimum Gasteiger partial charge on any atom is -0.491 e. The third-order valence-electron chi connectivity index (χ3n) is 4.11. The first-order valence-corrected chi connectivity index (χ1v) is 9.39. The first kappa shape index (κ1) is 21.9. The summed E-state index contributed by atoms with van der Waals surface area (Å²) in [4.78, 5) is 8.93. The van der Waals surface area contributed by atoms with Crippen molar-refractivity contribution in [1.82, 2.24) is 15.6 Å². The van der Waals surface area contributed by atoms with Crippen LogP contribution < -0.4 is 15.4 Å². The molecule has 0 aliphatic carbocycles. The lowest BCUT2D eigenvalue weighted by Gasteiger charge is -2.13. The molecule has 2 N–H and O–H groups in total. The summed E-state index contributed by atoms with van der Waals surface area (Å²) in [5, 5.41) is 8.90. The van der Waals surface area contributed by atoms with E-state index in [9.17, 15) is 0 Å². The fourth-order valence-electron chi connectivity index (χ4n) is 2.82. The number of aromatic nitrogens is 1. The lowest BCUT2D eigenvalue weighted by atomic mass is 10.1. The van der Waals surface area contributed by atoms with E-state index < -0.39 is 0 Å². The SMILES string of the molecule is CCNC(=NCCc1ccccn1)NCCOc1cccc2ccccc12.I. The van der Waals surface area contributed by atoms with Crippen LogP contribution in [0.1, 0.15) is 12.6 Å². The van der Waals surface area contributed by atoms with Crippen molar-refractivity contribution in [3.8, 4) is 5.75 Å². The molecule has 0 atom stereocenters. The molecule has 0 unspecified atom stereocenters.